The number of phenolic OH excluding ortho intramolecular Hbond substituents is 1. The summed E-state index contributed by atoms with van der Waals surface area (Å²) in [6, 6.07) is 11.4. The van der Waals surface area contributed by atoms with Crippen molar-refractivity contribution in [3.05, 3.63) is 52.6 Å². The van der Waals surface area contributed by atoms with E-state index in [1.54, 1.807) is 13.2 Å². The van der Waals surface area contributed by atoms with Crippen molar-refractivity contribution in [3.8, 4) is 23.3 Å². The third-order valence-electron chi connectivity index (χ3n) is 4.22. The Morgan fingerprint density at radius 2 is 1.88 bits per heavy atom. The molecule has 0 radical (unpaired) electrons. The number of nitrogens with zero attached hydrogens (tertiary/aromatic N) is 1. The van der Waals surface area contributed by atoms with E-state index in [0.717, 1.165) is 35.4 Å². The summed E-state index contributed by atoms with van der Waals surface area (Å²) in [7, 11) is 1.55. The summed E-state index contributed by atoms with van der Waals surface area (Å²) >= 11 is 0. The monoisotopic (exact) mass is 354 g/mol. The van der Waals surface area contributed by atoms with Crippen molar-refractivity contribution in [2.75, 3.05) is 20.3 Å². The number of ether oxygens (including phenoxy) is 2. The molecule has 2 aromatic rings. The number of hydrogen-bond donors (Lipinski definition) is 2. The molecule has 0 heterocycles. The number of nitriles is 1. The molecule has 0 fully saturated rings. The van der Waals surface area contributed by atoms with Gasteiger partial charge in [0, 0.05) is 6.04 Å². The predicted molar refractivity (Wildman–Crippen MR) is 102 cm³/mol. The van der Waals surface area contributed by atoms with Gasteiger partial charge in [-0.15, -0.1) is 0 Å². The van der Waals surface area contributed by atoms with Crippen LogP contribution in [0.15, 0.2) is 30.3 Å². The van der Waals surface area contributed by atoms with Gasteiger partial charge in [0.15, 0.2) is 11.5 Å². The third kappa shape index (κ3) is 5.14. The number of benzene rings is 2. The Bertz CT molecular complexity index is 773. The van der Waals surface area contributed by atoms with E-state index in [0.29, 0.717) is 17.9 Å². The molecule has 0 spiro atoms. The highest BCUT2D eigenvalue weighted by Crippen LogP contribution is 2.26. The van der Waals surface area contributed by atoms with Crippen LogP contribution in [-0.4, -0.2) is 31.4 Å². The molecule has 5 nitrogen and oxygen atoms in total. The SMILES string of the molecule is COc1cc(CCNC(C)COc2c(C)cc(C#N)cc2C)ccc1O. The lowest BCUT2D eigenvalue weighted by atomic mass is 10.1. The van der Waals surface area contributed by atoms with E-state index in [2.05, 4.69) is 18.3 Å². The van der Waals surface area contributed by atoms with Gasteiger partial charge >= 0.3 is 0 Å². The zero-order valence-electron chi connectivity index (χ0n) is 15.8. The fourth-order valence-corrected chi connectivity index (χ4v) is 2.85. The van der Waals surface area contributed by atoms with Gasteiger partial charge in [-0.1, -0.05) is 6.07 Å². The summed E-state index contributed by atoms with van der Waals surface area (Å²) in [5.74, 6) is 1.49. The minimum Gasteiger partial charge on any atom is -0.504 e. The molecule has 0 amide bonds. The topological polar surface area (TPSA) is 74.5 Å². The summed E-state index contributed by atoms with van der Waals surface area (Å²) in [5, 5.41) is 22.1. The third-order valence-corrected chi connectivity index (χ3v) is 4.22. The maximum absolute atomic E-state index is 9.63. The smallest absolute Gasteiger partial charge is 0.160 e. The first-order valence-corrected chi connectivity index (χ1v) is 8.68. The first-order chi connectivity index (χ1) is 12.4. The predicted octanol–water partition coefficient (Wildman–Crippen LogP) is 3.49. The molecule has 138 valence electrons. The molecule has 5 heteroatoms. The van der Waals surface area contributed by atoms with Crippen LogP contribution < -0.4 is 14.8 Å². The van der Waals surface area contributed by atoms with E-state index in [9.17, 15) is 5.11 Å². The van der Waals surface area contributed by atoms with Crippen molar-refractivity contribution < 1.29 is 14.6 Å². The van der Waals surface area contributed by atoms with E-state index in [4.69, 9.17) is 14.7 Å². The Morgan fingerprint density at radius 3 is 2.50 bits per heavy atom. The summed E-state index contributed by atoms with van der Waals surface area (Å²) in [6.07, 6.45) is 0.829. The minimum atomic E-state index is 0.152. The van der Waals surface area contributed by atoms with Gasteiger partial charge < -0.3 is 19.9 Å². The van der Waals surface area contributed by atoms with Crippen LogP contribution in [0.3, 0.4) is 0 Å². The average molecular weight is 354 g/mol. The van der Waals surface area contributed by atoms with Crippen LogP contribution in [0, 0.1) is 25.2 Å². The van der Waals surface area contributed by atoms with Gasteiger partial charge in [0.25, 0.3) is 0 Å². The second kappa shape index (κ2) is 9.12. The van der Waals surface area contributed by atoms with Crippen LogP contribution in [0.5, 0.6) is 17.2 Å². The highest BCUT2D eigenvalue weighted by molar-refractivity contribution is 5.47. The van der Waals surface area contributed by atoms with Crippen LogP contribution in [0.4, 0.5) is 0 Å². The lowest BCUT2D eigenvalue weighted by molar-refractivity contribution is 0.271. The number of hydrogen-bond acceptors (Lipinski definition) is 5. The highest BCUT2D eigenvalue weighted by Gasteiger charge is 2.09. The van der Waals surface area contributed by atoms with Crippen LogP contribution in [0.25, 0.3) is 0 Å². The molecule has 0 saturated carbocycles. The molecule has 2 aromatic carbocycles. The zero-order chi connectivity index (χ0) is 19.1. The quantitative estimate of drug-likeness (QED) is 0.759. The van der Waals surface area contributed by atoms with Crippen molar-refractivity contribution in [1.82, 2.24) is 5.32 Å². The number of rotatable bonds is 8. The number of methoxy groups -OCH3 is 1. The minimum absolute atomic E-state index is 0.152. The van der Waals surface area contributed by atoms with Crippen LogP contribution >= 0.6 is 0 Å². The summed E-state index contributed by atoms with van der Waals surface area (Å²) in [4.78, 5) is 0. The summed E-state index contributed by atoms with van der Waals surface area (Å²) < 4.78 is 11.1. The normalized spacial score (nSPS) is 11.7. The molecule has 0 aliphatic rings. The van der Waals surface area contributed by atoms with Gasteiger partial charge in [-0.2, -0.15) is 5.26 Å². The molecule has 0 aliphatic carbocycles. The Hall–Kier alpha value is -2.71. The lowest BCUT2D eigenvalue weighted by Crippen LogP contribution is -2.33. The van der Waals surface area contributed by atoms with E-state index in [1.807, 2.05) is 38.1 Å². The molecular weight excluding hydrogens is 328 g/mol. The molecule has 0 aliphatic heterocycles. The van der Waals surface area contributed by atoms with Crippen molar-refractivity contribution in [2.24, 2.45) is 0 Å². The number of nitrogens with one attached hydrogen (secondary N) is 1. The molecule has 1 unspecified atom stereocenters. The summed E-state index contributed by atoms with van der Waals surface area (Å²) in [6.45, 7) is 7.33. The van der Waals surface area contributed by atoms with Crippen molar-refractivity contribution in [3.63, 3.8) is 0 Å². The molecule has 2 N–H and O–H groups in total. The maximum Gasteiger partial charge on any atom is 0.160 e. The van der Waals surface area contributed by atoms with Gasteiger partial charge in [-0.05, 0) is 74.7 Å². The lowest BCUT2D eigenvalue weighted by Gasteiger charge is -2.18. The fourth-order valence-electron chi connectivity index (χ4n) is 2.85. The van der Waals surface area contributed by atoms with Gasteiger partial charge in [-0.25, -0.2) is 0 Å². The Labute approximate surface area is 155 Å². The van der Waals surface area contributed by atoms with Gasteiger partial charge in [-0.3, -0.25) is 0 Å². The van der Waals surface area contributed by atoms with E-state index in [1.165, 1.54) is 0 Å². The second-order valence-electron chi connectivity index (χ2n) is 6.47. The molecule has 0 bridgehead atoms. The molecular formula is C21H26N2O3. The van der Waals surface area contributed by atoms with Gasteiger partial charge in [0.1, 0.15) is 12.4 Å². The van der Waals surface area contributed by atoms with Crippen molar-refractivity contribution >= 4 is 0 Å². The Balaban J connectivity index is 1.83. The maximum atomic E-state index is 9.63. The first-order valence-electron chi connectivity index (χ1n) is 8.68. The standard InChI is InChI=1S/C21H26N2O3/c1-14-9-18(12-22)10-15(2)21(14)26-13-16(3)23-8-7-17-5-6-19(24)20(11-17)25-4/h5-6,9-11,16,23-24H,7-8,13H2,1-4H3. The van der Waals surface area contributed by atoms with Crippen LogP contribution in [-0.2, 0) is 6.42 Å². The molecule has 2 rings (SSSR count). The average Bonchev–Trinajstić information content (AvgIpc) is 2.62. The van der Waals surface area contributed by atoms with E-state index < -0.39 is 0 Å². The number of aromatic hydroxyl groups is 1. The first kappa shape index (κ1) is 19.6. The van der Waals surface area contributed by atoms with Crippen molar-refractivity contribution in [2.45, 2.75) is 33.2 Å². The number of aryl methyl sites for hydroxylation is 2. The van der Waals surface area contributed by atoms with Crippen molar-refractivity contribution in [1.29, 1.82) is 5.26 Å². The Morgan fingerprint density at radius 1 is 1.19 bits per heavy atom. The largest absolute Gasteiger partial charge is 0.504 e. The molecule has 0 saturated heterocycles. The summed E-state index contributed by atoms with van der Waals surface area (Å²) in [5.41, 5.74) is 3.71. The van der Waals surface area contributed by atoms with E-state index in [-0.39, 0.29) is 11.8 Å². The molecule has 1 atom stereocenters. The Kier molecular flexibility index (Phi) is 6.88. The van der Waals surface area contributed by atoms with Crippen LogP contribution in [0.2, 0.25) is 0 Å². The number of phenols is 1. The molecule has 26 heavy (non-hydrogen) atoms. The zero-order valence-corrected chi connectivity index (χ0v) is 15.8. The fraction of sp³-hybridized carbons (Fsp3) is 0.381. The van der Waals surface area contributed by atoms with Crippen LogP contribution in [0.1, 0.15) is 29.2 Å². The highest BCUT2D eigenvalue weighted by atomic mass is 16.5. The molecule has 0 aromatic heterocycles. The second-order valence-corrected chi connectivity index (χ2v) is 6.47. The van der Waals surface area contributed by atoms with E-state index >= 15 is 0 Å². The van der Waals surface area contributed by atoms with Gasteiger partial charge in [0.2, 0.25) is 0 Å². The van der Waals surface area contributed by atoms with Gasteiger partial charge in [0.05, 0.1) is 18.7 Å².